The highest BCUT2D eigenvalue weighted by molar-refractivity contribution is 5.90. The van der Waals surface area contributed by atoms with Gasteiger partial charge in [0.05, 0.1) is 42.7 Å². The number of hydrogen-bond donors (Lipinski definition) is 2. The summed E-state index contributed by atoms with van der Waals surface area (Å²) in [4.78, 5) is 60.5. The molecule has 1 aliphatic heterocycles. The molecular formula is C40H69N5O7. The van der Waals surface area contributed by atoms with Crippen LogP contribution in [-0.4, -0.2) is 123 Å². The first-order valence-corrected chi connectivity index (χ1v) is 19.0. The van der Waals surface area contributed by atoms with Crippen molar-refractivity contribution in [1.82, 2.24) is 20.0 Å². The molecule has 1 aromatic carbocycles. The Hall–Kier alpha value is -3.22. The maximum absolute atomic E-state index is 14.2. The topological polar surface area (TPSA) is 144 Å². The molecule has 12 heteroatoms. The average Bonchev–Trinajstić information content (AvgIpc) is 3.55. The summed E-state index contributed by atoms with van der Waals surface area (Å²) < 4.78 is 17.8. The van der Waals surface area contributed by atoms with Crippen LogP contribution >= 0.6 is 0 Å². The number of carbonyl (C=O) groups excluding carboxylic acids is 4. The zero-order chi connectivity index (χ0) is 39.4. The number of nitrogens with zero attached hydrogens (tertiary/aromatic N) is 3. The minimum Gasteiger partial charge on any atom is -0.462 e. The van der Waals surface area contributed by atoms with Gasteiger partial charge in [0.15, 0.2) is 0 Å². The van der Waals surface area contributed by atoms with Crippen LogP contribution in [0.4, 0.5) is 5.69 Å². The van der Waals surface area contributed by atoms with Gasteiger partial charge in [0, 0.05) is 39.9 Å². The molecule has 3 amide bonds. The predicted molar refractivity (Wildman–Crippen MR) is 205 cm³/mol. The molecule has 0 spiro atoms. The van der Waals surface area contributed by atoms with Crippen molar-refractivity contribution in [2.45, 2.75) is 130 Å². The molecule has 0 aromatic heterocycles. The average molecular weight is 732 g/mol. The number of amides is 3. The lowest BCUT2D eigenvalue weighted by Gasteiger charge is -2.41. The van der Waals surface area contributed by atoms with Crippen molar-refractivity contribution in [3.63, 3.8) is 0 Å². The summed E-state index contributed by atoms with van der Waals surface area (Å²) in [5, 5.41) is 3.04. The van der Waals surface area contributed by atoms with E-state index in [4.69, 9.17) is 19.9 Å². The molecule has 0 saturated carbocycles. The largest absolute Gasteiger partial charge is 0.462 e. The molecule has 1 saturated heterocycles. The van der Waals surface area contributed by atoms with Gasteiger partial charge in [-0.3, -0.25) is 24.1 Å². The highest BCUT2D eigenvalue weighted by Crippen LogP contribution is 2.30. The first-order valence-electron chi connectivity index (χ1n) is 19.0. The van der Waals surface area contributed by atoms with E-state index in [1.165, 1.54) is 0 Å². The standard InChI is InChI=1S/C40H69N5O7/c1-14-26(6)36(44(11)39(48)34(24(2)3)42-38(47)35(25(4)5)43(9)10)32(50-12)23-33(46)45-20-16-19-31(45)37(51-13)28(8)40(49)52-27(7)21-29-17-15-18-30(41)22-29/h15,17-18,22,24-28,31-32,34-37H,14,16,19-21,23,41H2,1-13H3,(H,42,47)/t26-,27?,28+,31-,32+,34-,35-,36-,37+/m0/s1. The summed E-state index contributed by atoms with van der Waals surface area (Å²) in [5.74, 6) is -1.66. The zero-order valence-electron chi connectivity index (χ0n) is 34.2. The molecule has 296 valence electrons. The number of nitrogens with two attached hydrogens (primary N) is 1. The van der Waals surface area contributed by atoms with E-state index in [-0.39, 0.29) is 66.1 Å². The van der Waals surface area contributed by atoms with Gasteiger partial charge in [-0.2, -0.15) is 0 Å². The van der Waals surface area contributed by atoms with Gasteiger partial charge < -0.3 is 35.1 Å². The molecule has 1 aliphatic rings. The van der Waals surface area contributed by atoms with Crippen LogP contribution in [0.5, 0.6) is 0 Å². The van der Waals surface area contributed by atoms with Gasteiger partial charge in [0.1, 0.15) is 12.1 Å². The fourth-order valence-corrected chi connectivity index (χ4v) is 7.80. The van der Waals surface area contributed by atoms with Crippen molar-refractivity contribution in [2.24, 2.45) is 23.7 Å². The van der Waals surface area contributed by atoms with Crippen LogP contribution in [-0.2, 0) is 39.8 Å². The molecule has 0 bridgehead atoms. The van der Waals surface area contributed by atoms with Crippen molar-refractivity contribution >= 4 is 29.4 Å². The number of benzene rings is 1. The van der Waals surface area contributed by atoms with Crippen LogP contribution in [0.15, 0.2) is 24.3 Å². The Labute approximate surface area is 313 Å². The summed E-state index contributed by atoms with van der Waals surface area (Å²) >= 11 is 0. The van der Waals surface area contributed by atoms with E-state index in [0.717, 1.165) is 18.4 Å². The maximum Gasteiger partial charge on any atom is 0.311 e. The van der Waals surface area contributed by atoms with Crippen LogP contribution in [0.3, 0.4) is 0 Å². The van der Waals surface area contributed by atoms with E-state index in [1.54, 1.807) is 38.0 Å². The lowest BCUT2D eigenvalue weighted by atomic mass is 9.89. The van der Waals surface area contributed by atoms with Crippen molar-refractivity contribution in [3.8, 4) is 0 Å². The van der Waals surface area contributed by atoms with Crippen molar-refractivity contribution in [1.29, 1.82) is 0 Å². The molecule has 1 heterocycles. The Balaban J connectivity index is 2.23. The summed E-state index contributed by atoms with van der Waals surface area (Å²) in [6.07, 6.45) is 1.23. The van der Waals surface area contributed by atoms with Gasteiger partial charge in [-0.05, 0) is 76.2 Å². The minimum atomic E-state index is -0.751. The van der Waals surface area contributed by atoms with Gasteiger partial charge in [-0.25, -0.2) is 0 Å². The fourth-order valence-electron chi connectivity index (χ4n) is 7.80. The molecule has 12 nitrogen and oxygen atoms in total. The third kappa shape index (κ3) is 11.9. The van der Waals surface area contributed by atoms with Gasteiger partial charge in [0.25, 0.3) is 0 Å². The van der Waals surface area contributed by atoms with E-state index in [9.17, 15) is 19.2 Å². The molecule has 9 atom stereocenters. The molecule has 1 fully saturated rings. The molecular weight excluding hydrogens is 662 g/mol. The van der Waals surface area contributed by atoms with Crippen molar-refractivity contribution in [2.75, 3.05) is 47.6 Å². The fraction of sp³-hybridized carbons (Fsp3) is 0.750. The Kier molecular flexibility index (Phi) is 18.0. The smallest absolute Gasteiger partial charge is 0.311 e. The van der Waals surface area contributed by atoms with Crippen molar-refractivity contribution < 1.29 is 33.4 Å². The third-order valence-electron chi connectivity index (χ3n) is 10.7. The Morgan fingerprint density at radius 3 is 2.15 bits per heavy atom. The highest BCUT2D eigenvalue weighted by atomic mass is 16.5. The Bertz CT molecular complexity index is 1300. The number of rotatable bonds is 20. The molecule has 2 rings (SSSR count). The van der Waals surface area contributed by atoms with E-state index < -0.39 is 30.2 Å². The Morgan fingerprint density at radius 2 is 1.63 bits per heavy atom. The summed E-state index contributed by atoms with van der Waals surface area (Å²) in [6, 6.07) is 5.61. The normalized spacial score (nSPS) is 19.5. The molecule has 0 radical (unpaired) electrons. The second-order valence-corrected chi connectivity index (χ2v) is 15.7. The number of nitrogen functional groups attached to an aromatic ring is 1. The lowest BCUT2D eigenvalue weighted by Crippen LogP contribution is -2.59. The number of likely N-dealkylation sites (tertiary alicyclic amines) is 1. The van der Waals surface area contributed by atoms with Gasteiger partial charge in [0.2, 0.25) is 17.7 Å². The van der Waals surface area contributed by atoms with E-state index in [2.05, 4.69) is 12.2 Å². The molecule has 1 unspecified atom stereocenters. The molecule has 52 heavy (non-hydrogen) atoms. The van der Waals surface area contributed by atoms with E-state index in [0.29, 0.717) is 25.1 Å². The molecule has 3 N–H and O–H groups in total. The summed E-state index contributed by atoms with van der Waals surface area (Å²) in [5.41, 5.74) is 7.56. The third-order valence-corrected chi connectivity index (χ3v) is 10.7. The number of ether oxygens (including phenoxy) is 3. The number of likely N-dealkylation sites (N-methyl/N-ethyl adjacent to an activating group) is 2. The maximum atomic E-state index is 14.2. The number of esters is 1. The van der Waals surface area contributed by atoms with Gasteiger partial charge >= 0.3 is 5.97 Å². The van der Waals surface area contributed by atoms with Crippen LogP contribution in [0.2, 0.25) is 0 Å². The van der Waals surface area contributed by atoms with E-state index in [1.807, 2.05) is 84.8 Å². The first-order chi connectivity index (χ1) is 24.4. The highest BCUT2D eigenvalue weighted by Gasteiger charge is 2.43. The zero-order valence-corrected chi connectivity index (χ0v) is 34.2. The number of nitrogens with one attached hydrogen (secondary N) is 1. The monoisotopic (exact) mass is 732 g/mol. The quantitative estimate of drug-likeness (QED) is 0.148. The summed E-state index contributed by atoms with van der Waals surface area (Å²) in [7, 11) is 8.59. The second kappa shape index (κ2) is 20.9. The Morgan fingerprint density at radius 1 is 0.981 bits per heavy atom. The van der Waals surface area contributed by atoms with E-state index >= 15 is 0 Å². The summed E-state index contributed by atoms with van der Waals surface area (Å²) in [6.45, 7) is 16.1. The number of hydrogen-bond acceptors (Lipinski definition) is 9. The van der Waals surface area contributed by atoms with Crippen LogP contribution in [0.1, 0.15) is 86.6 Å². The number of carbonyl (C=O) groups is 4. The van der Waals surface area contributed by atoms with Crippen LogP contribution < -0.4 is 11.1 Å². The lowest BCUT2D eigenvalue weighted by molar-refractivity contribution is -0.161. The molecule has 1 aromatic rings. The molecule has 0 aliphatic carbocycles. The van der Waals surface area contributed by atoms with Crippen LogP contribution in [0, 0.1) is 23.7 Å². The second-order valence-electron chi connectivity index (χ2n) is 15.7. The number of methoxy groups -OCH3 is 2. The van der Waals surface area contributed by atoms with Crippen molar-refractivity contribution in [3.05, 3.63) is 29.8 Å². The van der Waals surface area contributed by atoms with Gasteiger partial charge in [-0.15, -0.1) is 0 Å². The minimum absolute atomic E-state index is 0.00870. The first kappa shape index (κ1) is 44.9. The number of anilines is 1. The van der Waals surface area contributed by atoms with Crippen LogP contribution in [0.25, 0.3) is 0 Å². The van der Waals surface area contributed by atoms with Gasteiger partial charge in [-0.1, -0.05) is 60.1 Å². The predicted octanol–water partition coefficient (Wildman–Crippen LogP) is 4.39. The SMILES string of the molecule is CC[C@H](C)[C@@H]([C@@H](CC(=O)N1CCC[C@H]1[C@H](OC)[C@@H](C)C(=O)OC(C)Cc1cccc(N)c1)OC)N(C)C(=O)[C@@H](NC(=O)[C@H](C(C)C)N(C)C)C(C)C.